The zero-order chi connectivity index (χ0) is 16.5. The van der Waals surface area contributed by atoms with Crippen molar-refractivity contribution in [3.63, 3.8) is 0 Å². The highest BCUT2D eigenvalue weighted by Crippen LogP contribution is 2.23. The second-order valence-electron chi connectivity index (χ2n) is 4.40. The number of carbonyl (C=O) groups is 1. The first-order valence-electron chi connectivity index (χ1n) is 6.74. The average Bonchev–Trinajstić information content (AvgIpc) is 2.52. The summed E-state index contributed by atoms with van der Waals surface area (Å²) in [5.41, 5.74) is 0.497. The summed E-state index contributed by atoms with van der Waals surface area (Å²) in [6.45, 7) is 5.46. The Morgan fingerprint density at radius 2 is 2.23 bits per heavy atom. The summed E-state index contributed by atoms with van der Waals surface area (Å²) in [5, 5.41) is 13.2. The highest BCUT2D eigenvalue weighted by molar-refractivity contribution is 5.90. The molecule has 0 saturated heterocycles. The molecule has 0 radical (unpaired) electrons. The maximum atomic E-state index is 13.7. The van der Waals surface area contributed by atoms with Gasteiger partial charge in [-0.15, -0.1) is 10.2 Å². The lowest BCUT2D eigenvalue weighted by Crippen LogP contribution is -2.09. The molecule has 0 aromatic heterocycles. The van der Waals surface area contributed by atoms with Crippen molar-refractivity contribution in [1.29, 1.82) is 0 Å². The Balaban J connectivity index is 2.85. The van der Waals surface area contributed by atoms with Crippen LogP contribution in [0.1, 0.15) is 13.3 Å². The third kappa shape index (κ3) is 5.35. The topological polar surface area (TPSA) is 69.1 Å². The smallest absolute Gasteiger partial charge is 0.224 e. The molecule has 0 aliphatic carbocycles. The molecule has 0 saturated carbocycles. The van der Waals surface area contributed by atoms with Gasteiger partial charge in [-0.05, 0) is 18.2 Å². The van der Waals surface area contributed by atoms with E-state index in [-0.39, 0.29) is 11.6 Å². The third-order valence-corrected chi connectivity index (χ3v) is 2.70. The van der Waals surface area contributed by atoms with Gasteiger partial charge in [-0.2, -0.15) is 0 Å². The normalized spacial score (nSPS) is 10.9. The van der Waals surface area contributed by atoms with Gasteiger partial charge < -0.3 is 15.5 Å². The van der Waals surface area contributed by atoms with Gasteiger partial charge in [0.05, 0.1) is 0 Å². The Morgan fingerprint density at radius 3 is 2.86 bits per heavy atom. The van der Waals surface area contributed by atoms with E-state index in [9.17, 15) is 9.18 Å². The van der Waals surface area contributed by atoms with Crippen LogP contribution < -0.4 is 10.6 Å². The van der Waals surface area contributed by atoms with Gasteiger partial charge in [0.15, 0.2) is 5.82 Å². The van der Waals surface area contributed by atoms with Crippen LogP contribution in [0, 0.1) is 5.82 Å². The van der Waals surface area contributed by atoms with E-state index in [1.807, 2.05) is 0 Å². The molecule has 0 heterocycles. The number of nitrogens with one attached hydrogen (secondary N) is 2. The maximum absolute atomic E-state index is 13.7. The summed E-state index contributed by atoms with van der Waals surface area (Å²) in [6.07, 6.45) is 3.74. The fourth-order valence-corrected chi connectivity index (χ4v) is 1.37. The molecule has 0 atom stereocenters. The Bertz CT molecular complexity index is 598. The Hall–Kier alpha value is -2.70. The lowest BCUT2D eigenvalue weighted by atomic mass is 10.2. The van der Waals surface area contributed by atoms with E-state index in [0.717, 1.165) is 0 Å². The van der Waals surface area contributed by atoms with E-state index < -0.39 is 5.82 Å². The van der Waals surface area contributed by atoms with Crippen molar-refractivity contribution < 1.29 is 9.18 Å². The quantitative estimate of drug-likeness (QED) is 0.759. The number of carbonyl (C=O) groups excluding carboxylic acids is 1. The van der Waals surface area contributed by atoms with E-state index in [4.69, 9.17) is 0 Å². The van der Waals surface area contributed by atoms with Gasteiger partial charge in [0, 0.05) is 38.6 Å². The molecule has 1 amide bonds. The Labute approximate surface area is 129 Å². The van der Waals surface area contributed by atoms with E-state index in [1.54, 1.807) is 38.3 Å². The first-order valence-corrected chi connectivity index (χ1v) is 6.74. The third-order valence-electron chi connectivity index (χ3n) is 2.70. The van der Waals surface area contributed by atoms with E-state index in [0.29, 0.717) is 17.9 Å². The fraction of sp³-hybridized carbons (Fsp3) is 0.267. The van der Waals surface area contributed by atoms with Crippen LogP contribution in [0.3, 0.4) is 0 Å². The molecule has 1 aromatic carbocycles. The lowest BCUT2D eigenvalue weighted by molar-refractivity contribution is -0.115. The van der Waals surface area contributed by atoms with Crippen LogP contribution in [-0.2, 0) is 4.79 Å². The molecule has 22 heavy (non-hydrogen) atoms. The van der Waals surface area contributed by atoms with Crippen LogP contribution in [0.4, 0.5) is 15.8 Å². The summed E-state index contributed by atoms with van der Waals surface area (Å²) in [4.78, 5) is 13.0. The lowest BCUT2D eigenvalue weighted by Gasteiger charge is -2.11. The van der Waals surface area contributed by atoms with Crippen LogP contribution in [-0.4, -0.2) is 24.9 Å². The Morgan fingerprint density at radius 1 is 1.50 bits per heavy atom. The number of hydrogen-bond acceptors (Lipinski definition) is 5. The number of rotatable bonds is 7. The van der Waals surface area contributed by atoms with Crippen LogP contribution in [0.2, 0.25) is 0 Å². The molecule has 2 N–H and O–H groups in total. The monoisotopic (exact) mass is 305 g/mol. The molecular formula is C15H20FN5O. The molecular weight excluding hydrogens is 285 g/mol. The number of halogens is 1. The van der Waals surface area contributed by atoms with Crippen LogP contribution in [0.5, 0.6) is 0 Å². The van der Waals surface area contributed by atoms with Gasteiger partial charge in [-0.25, -0.2) is 4.39 Å². The maximum Gasteiger partial charge on any atom is 0.224 e. The van der Waals surface area contributed by atoms with Crippen molar-refractivity contribution >= 4 is 17.3 Å². The SMILES string of the molecule is C=C(N=Nc1cc(NC(=O)CC)ccc1F)N(C)C=CNC. The zero-order valence-corrected chi connectivity index (χ0v) is 12.9. The largest absolute Gasteiger partial charge is 0.393 e. The van der Waals surface area contributed by atoms with Crippen LogP contribution in [0.25, 0.3) is 0 Å². The molecule has 0 spiro atoms. The second kappa shape index (κ2) is 8.56. The molecule has 0 unspecified atom stereocenters. The highest BCUT2D eigenvalue weighted by atomic mass is 19.1. The summed E-state index contributed by atoms with van der Waals surface area (Å²) in [7, 11) is 3.50. The average molecular weight is 305 g/mol. The molecule has 118 valence electrons. The zero-order valence-electron chi connectivity index (χ0n) is 12.9. The standard InChI is InChI=1S/C15H20FN5O/c1-5-15(22)18-12-6-7-13(16)14(10-12)20-19-11(2)21(4)9-8-17-3/h6-10,17H,2,5H2,1,3-4H3,(H,18,22). The van der Waals surface area contributed by atoms with Gasteiger partial charge in [0.25, 0.3) is 0 Å². The molecule has 0 fully saturated rings. The van der Waals surface area contributed by atoms with Crippen LogP contribution >= 0.6 is 0 Å². The van der Waals surface area contributed by atoms with Crippen molar-refractivity contribution in [3.05, 3.63) is 48.8 Å². The van der Waals surface area contributed by atoms with Crippen molar-refractivity contribution in [2.75, 3.05) is 19.4 Å². The van der Waals surface area contributed by atoms with Crippen molar-refractivity contribution in [2.45, 2.75) is 13.3 Å². The van der Waals surface area contributed by atoms with Gasteiger partial charge in [-0.3, -0.25) is 4.79 Å². The van der Waals surface area contributed by atoms with Crippen molar-refractivity contribution in [1.82, 2.24) is 10.2 Å². The first-order chi connectivity index (χ1) is 10.5. The predicted molar refractivity (Wildman–Crippen MR) is 84.9 cm³/mol. The minimum absolute atomic E-state index is 0.0287. The minimum Gasteiger partial charge on any atom is -0.393 e. The number of anilines is 1. The molecule has 1 aromatic rings. The molecule has 0 aliphatic heterocycles. The fourth-order valence-electron chi connectivity index (χ4n) is 1.37. The van der Waals surface area contributed by atoms with Gasteiger partial charge in [-0.1, -0.05) is 13.5 Å². The van der Waals surface area contributed by atoms with E-state index in [1.165, 1.54) is 18.2 Å². The molecule has 7 heteroatoms. The highest BCUT2D eigenvalue weighted by Gasteiger charge is 2.05. The summed E-state index contributed by atoms with van der Waals surface area (Å²) in [5.74, 6) is -0.343. The number of nitrogens with zero attached hydrogens (tertiary/aromatic N) is 3. The molecule has 0 aliphatic rings. The summed E-state index contributed by atoms with van der Waals surface area (Å²) < 4.78 is 13.7. The Kier molecular flexibility index (Phi) is 6.75. The number of benzene rings is 1. The number of amides is 1. The van der Waals surface area contributed by atoms with E-state index >= 15 is 0 Å². The molecule has 6 nitrogen and oxygen atoms in total. The first kappa shape index (κ1) is 17.4. The van der Waals surface area contributed by atoms with Gasteiger partial charge in [0.1, 0.15) is 11.5 Å². The van der Waals surface area contributed by atoms with Crippen LogP contribution in [0.15, 0.2) is 53.2 Å². The number of azo groups is 1. The van der Waals surface area contributed by atoms with Crippen molar-refractivity contribution in [3.8, 4) is 0 Å². The van der Waals surface area contributed by atoms with Gasteiger partial charge in [0.2, 0.25) is 5.91 Å². The van der Waals surface area contributed by atoms with E-state index in [2.05, 4.69) is 27.4 Å². The van der Waals surface area contributed by atoms with Gasteiger partial charge >= 0.3 is 0 Å². The van der Waals surface area contributed by atoms with Crippen molar-refractivity contribution in [2.24, 2.45) is 10.2 Å². The summed E-state index contributed by atoms with van der Waals surface area (Å²) in [6, 6.07) is 4.12. The minimum atomic E-state index is -0.528. The second-order valence-corrected chi connectivity index (χ2v) is 4.40. The predicted octanol–water partition coefficient (Wildman–Crippen LogP) is 3.35. The number of hydrogen-bond donors (Lipinski definition) is 2. The molecule has 1 rings (SSSR count). The summed E-state index contributed by atoms with van der Waals surface area (Å²) >= 11 is 0. The molecule has 0 bridgehead atoms.